The average molecular weight is 618 g/mol. The van der Waals surface area contributed by atoms with Crippen LogP contribution in [0.2, 0.25) is 5.02 Å². The molecule has 0 spiro atoms. The Morgan fingerprint density at radius 1 is 1.14 bits per heavy atom. The average Bonchev–Trinajstić information content (AvgIpc) is 3.61. The Morgan fingerprint density at radius 3 is 2.63 bits per heavy atom. The van der Waals surface area contributed by atoms with Crippen molar-refractivity contribution in [3.8, 4) is 5.75 Å². The van der Waals surface area contributed by atoms with Gasteiger partial charge < -0.3 is 18.8 Å². The minimum Gasteiger partial charge on any atom is -0.496 e. The monoisotopic (exact) mass is 617 g/mol. The number of carbonyl (C=O) groups excluding carboxylic acids is 1. The Bertz CT molecular complexity index is 1870. The summed E-state index contributed by atoms with van der Waals surface area (Å²) in [5.74, 6) is 1.98. The Balaban J connectivity index is 1.56. The van der Waals surface area contributed by atoms with Crippen molar-refractivity contribution in [2.24, 2.45) is 10.9 Å². The number of rotatable bonds is 7. The van der Waals surface area contributed by atoms with Crippen LogP contribution in [0.3, 0.4) is 0 Å². The molecule has 0 N–H and O–H groups in total. The van der Waals surface area contributed by atoms with E-state index in [0.717, 1.165) is 37.4 Å². The van der Waals surface area contributed by atoms with Crippen LogP contribution in [0.15, 0.2) is 80.4 Å². The molecule has 8 nitrogen and oxygen atoms in total. The lowest BCUT2D eigenvalue weighted by atomic mass is 9.92. The molecule has 2 aliphatic rings. The van der Waals surface area contributed by atoms with Crippen LogP contribution in [-0.2, 0) is 9.53 Å². The maximum Gasteiger partial charge on any atom is 0.338 e. The summed E-state index contributed by atoms with van der Waals surface area (Å²) >= 11 is 7.71. The fourth-order valence-corrected chi connectivity index (χ4v) is 6.76. The fourth-order valence-electron chi connectivity index (χ4n) is 5.60. The third-order valence-corrected chi connectivity index (χ3v) is 9.06. The summed E-state index contributed by atoms with van der Waals surface area (Å²) in [6, 6.07) is 17.5. The second-order valence-electron chi connectivity index (χ2n) is 10.7. The van der Waals surface area contributed by atoms with Gasteiger partial charge in [-0.2, -0.15) is 0 Å². The van der Waals surface area contributed by atoms with Crippen LogP contribution >= 0.6 is 22.9 Å². The molecule has 1 saturated heterocycles. The van der Waals surface area contributed by atoms with Crippen LogP contribution < -0.4 is 24.5 Å². The van der Waals surface area contributed by atoms with Gasteiger partial charge in [0.25, 0.3) is 5.56 Å². The van der Waals surface area contributed by atoms with E-state index in [0.29, 0.717) is 43.0 Å². The van der Waals surface area contributed by atoms with Gasteiger partial charge in [-0.25, -0.2) is 9.79 Å². The summed E-state index contributed by atoms with van der Waals surface area (Å²) in [4.78, 5) is 35.4. The minimum absolute atomic E-state index is 0.158. The number of esters is 1. The third-order valence-electron chi connectivity index (χ3n) is 7.84. The zero-order valence-corrected chi connectivity index (χ0v) is 25.8. The van der Waals surface area contributed by atoms with E-state index in [1.54, 1.807) is 38.3 Å². The van der Waals surface area contributed by atoms with Crippen LogP contribution in [0, 0.1) is 5.92 Å². The summed E-state index contributed by atoms with van der Waals surface area (Å²) in [6.07, 6.45) is 3.98. The van der Waals surface area contributed by atoms with E-state index in [-0.39, 0.29) is 17.7 Å². The van der Waals surface area contributed by atoms with E-state index in [9.17, 15) is 9.59 Å². The number of aromatic nitrogens is 1. The SMILES string of the molecule is CCOC(=O)C1=C(c2ccccc2)N=c2s/c(=C\c3ccc(N4CCC(C)CC4)o3)c(=O)n2[C@H]1c1cc(Cl)ccc1OC. The number of halogens is 1. The van der Waals surface area contributed by atoms with E-state index < -0.39 is 12.0 Å². The highest BCUT2D eigenvalue weighted by atomic mass is 35.5. The van der Waals surface area contributed by atoms with E-state index in [2.05, 4.69) is 11.8 Å². The first-order valence-electron chi connectivity index (χ1n) is 14.3. The van der Waals surface area contributed by atoms with Crippen molar-refractivity contribution in [3.05, 3.63) is 108 Å². The minimum atomic E-state index is -0.899. The van der Waals surface area contributed by atoms with Gasteiger partial charge in [0.15, 0.2) is 10.7 Å². The van der Waals surface area contributed by atoms with Crippen molar-refractivity contribution in [1.29, 1.82) is 0 Å². The molecule has 4 aromatic rings. The van der Waals surface area contributed by atoms with Gasteiger partial charge in [-0.1, -0.05) is 60.2 Å². The lowest BCUT2D eigenvalue weighted by Crippen LogP contribution is -2.40. The van der Waals surface area contributed by atoms with Crippen LogP contribution in [0.25, 0.3) is 11.8 Å². The van der Waals surface area contributed by atoms with E-state index in [1.807, 2.05) is 42.5 Å². The Labute approximate surface area is 258 Å². The number of carbonyl (C=O) groups is 1. The highest BCUT2D eigenvalue weighted by Crippen LogP contribution is 2.39. The molecule has 4 heterocycles. The Hall–Kier alpha value is -4.08. The Morgan fingerprint density at radius 2 is 1.91 bits per heavy atom. The number of piperidine rings is 1. The van der Waals surface area contributed by atoms with Crippen molar-refractivity contribution in [2.45, 2.75) is 32.7 Å². The molecule has 0 aliphatic carbocycles. The lowest BCUT2D eigenvalue weighted by molar-refractivity contribution is -0.138. The number of benzene rings is 2. The summed E-state index contributed by atoms with van der Waals surface area (Å²) in [5, 5.41) is 0.439. The summed E-state index contributed by atoms with van der Waals surface area (Å²) in [6.45, 7) is 6.05. The van der Waals surface area contributed by atoms with Gasteiger partial charge >= 0.3 is 5.97 Å². The van der Waals surface area contributed by atoms with Gasteiger partial charge in [0.05, 0.1) is 29.5 Å². The zero-order chi connectivity index (χ0) is 30.1. The van der Waals surface area contributed by atoms with Crippen molar-refractivity contribution in [3.63, 3.8) is 0 Å². The second-order valence-corrected chi connectivity index (χ2v) is 12.1. The van der Waals surface area contributed by atoms with E-state index in [1.165, 1.54) is 15.9 Å². The first-order valence-corrected chi connectivity index (χ1v) is 15.5. The zero-order valence-electron chi connectivity index (χ0n) is 24.2. The molecule has 10 heteroatoms. The maximum atomic E-state index is 14.2. The maximum absolute atomic E-state index is 14.2. The number of nitrogens with zero attached hydrogens (tertiary/aromatic N) is 3. The second kappa shape index (κ2) is 12.3. The molecule has 43 heavy (non-hydrogen) atoms. The third kappa shape index (κ3) is 5.67. The smallest absolute Gasteiger partial charge is 0.338 e. The molecule has 1 fully saturated rings. The van der Waals surface area contributed by atoms with Gasteiger partial charge in [-0.15, -0.1) is 0 Å². The quantitative estimate of drug-likeness (QED) is 0.257. The molecule has 0 bridgehead atoms. The van der Waals surface area contributed by atoms with Crippen LogP contribution in [0.4, 0.5) is 5.88 Å². The number of ether oxygens (including phenoxy) is 2. The van der Waals surface area contributed by atoms with Crippen LogP contribution in [0.5, 0.6) is 5.75 Å². The molecule has 2 aliphatic heterocycles. The number of methoxy groups -OCH3 is 1. The van der Waals surface area contributed by atoms with Crippen LogP contribution in [-0.4, -0.2) is 37.3 Å². The van der Waals surface area contributed by atoms with E-state index >= 15 is 0 Å². The number of thiazole rings is 1. The number of anilines is 1. The molecule has 0 amide bonds. The number of hydrogen-bond donors (Lipinski definition) is 0. The first-order chi connectivity index (χ1) is 20.9. The fraction of sp³-hybridized carbons (Fsp3) is 0.303. The van der Waals surface area contributed by atoms with Crippen molar-refractivity contribution < 1.29 is 18.7 Å². The first kappa shape index (κ1) is 29.0. The standard InChI is InChI=1S/C33H32ClN3O5S/c1-4-41-32(39)28-29(21-8-6-5-7-9-21)35-33-37(30(28)24-18-22(34)10-12-25(24)40-3)31(38)26(43-33)19-23-11-13-27(42-23)36-16-14-20(2)15-17-36/h5-13,18-20,30H,4,14-17H2,1-3H3/b26-19-/t30-/m0/s1. The van der Waals surface area contributed by atoms with Crippen molar-refractivity contribution >= 4 is 46.6 Å². The predicted molar refractivity (Wildman–Crippen MR) is 168 cm³/mol. The number of hydrogen-bond acceptors (Lipinski definition) is 8. The van der Waals surface area contributed by atoms with Crippen LogP contribution in [0.1, 0.15) is 49.6 Å². The van der Waals surface area contributed by atoms with Gasteiger partial charge in [-0.3, -0.25) is 9.36 Å². The van der Waals surface area contributed by atoms with Gasteiger partial charge in [-0.05, 0) is 49.9 Å². The molecule has 0 radical (unpaired) electrons. The van der Waals surface area contributed by atoms with Gasteiger partial charge in [0.1, 0.15) is 17.6 Å². The highest BCUT2D eigenvalue weighted by Gasteiger charge is 2.37. The topological polar surface area (TPSA) is 86.3 Å². The number of furan rings is 1. The molecule has 6 rings (SSSR count). The molecular formula is C33H32ClN3O5S. The van der Waals surface area contributed by atoms with Crippen molar-refractivity contribution in [1.82, 2.24) is 4.57 Å². The number of fused-ring (bicyclic) bond motifs is 1. The summed E-state index contributed by atoms with van der Waals surface area (Å²) in [5.41, 5.74) is 1.62. The van der Waals surface area contributed by atoms with E-state index in [4.69, 9.17) is 30.5 Å². The molecule has 2 aromatic carbocycles. The highest BCUT2D eigenvalue weighted by molar-refractivity contribution is 7.07. The lowest BCUT2D eigenvalue weighted by Gasteiger charge is -2.29. The normalized spacial score (nSPS) is 17.5. The molecule has 1 atom stereocenters. The predicted octanol–water partition coefficient (Wildman–Crippen LogP) is 5.43. The molecule has 222 valence electrons. The Kier molecular flexibility index (Phi) is 8.27. The summed E-state index contributed by atoms with van der Waals surface area (Å²) < 4.78 is 19.4. The summed E-state index contributed by atoms with van der Waals surface area (Å²) in [7, 11) is 1.54. The van der Waals surface area contributed by atoms with Crippen molar-refractivity contribution in [2.75, 3.05) is 31.7 Å². The molecule has 0 saturated carbocycles. The molecular weight excluding hydrogens is 586 g/mol. The molecule has 0 unspecified atom stereocenters. The van der Waals surface area contributed by atoms with Gasteiger partial charge in [0.2, 0.25) is 0 Å². The van der Waals surface area contributed by atoms with Gasteiger partial charge in [0, 0.05) is 41.4 Å². The molecule has 2 aromatic heterocycles. The largest absolute Gasteiger partial charge is 0.496 e.